The van der Waals surface area contributed by atoms with Gasteiger partial charge in [0.25, 0.3) is 5.91 Å². The second-order valence-corrected chi connectivity index (χ2v) is 6.15. The number of fused-ring (bicyclic) bond motifs is 3. The van der Waals surface area contributed by atoms with Crippen molar-refractivity contribution in [2.45, 2.75) is 26.2 Å². The van der Waals surface area contributed by atoms with E-state index in [0.29, 0.717) is 0 Å². The minimum Gasteiger partial charge on any atom is -0.507 e. The minimum absolute atomic E-state index is 0.00254. The Morgan fingerprint density at radius 3 is 2.54 bits per heavy atom. The van der Waals surface area contributed by atoms with Crippen molar-refractivity contribution in [3.05, 3.63) is 40.4 Å². The lowest BCUT2D eigenvalue weighted by molar-refractivity contribution is -0.123. The summed E-state index contributed by atoms with van der Waals surface area (Å²) >= 11 is 0. The van der Waals surface area contributed by atoms with Gasteiger partial charge in [-0.2, -0.15) is 0 Å². The van der Waals surface area contributed by atoms with Gasteiger partial charge in [0.2, 0.25) is 0 Å². The van der Waals surface area contributed by atoms with Crippen LogP contribution in [0.25, 0.3) is 0 Å². The van der Waals surface area contributed by atoms with Crippen molar-refractivity contribution < 1.29 is 34.1 Å². The van der Waals surface area contributed by atoms with Gasteiger partial charge in [0.1, 0.15) is 39.6 Å². The first-order valence-corrected chi connectivity index (χ1v) is 7.86. The zero-order valence-corrected chi connectivity index (χ0v) is 14.4. The molecule has 1 aliphatic heterocycles. The van der Waals surface area contributed by atoms with Gasteiger partial charge in [-0.25, -0.2) is 0 Å². The third-order valence-corrected chi connectivity index (χ3v) is 4.53. The maximum absolute atomic E-state index is 13.0. The summed E-state index contributed by atoms with van der Waals surface area (Å²) in [5.74, 6) is -3.26. The second kappa shape index (κ2) is 5.62. The summed E-state index contributed by atoms with van der Waals surface area (Å²) in [6, 6.07) is 1.18. The number of Topliss-reactive ketones (excluding diaryl/α,β-unsaturated/α-hetero) is 2. The first-order chi connectivity index (χ1) is 12.1. The number of benzene rings is 1. The molecule has 3 rings (SSSR count). The Labute approximate surface area is 148 Å². The molecule has 0 saturated carbocycles. The molecule has 0 saturated heterocycles. The van der Waals surface area contributed by atoms with E-state index in [0.717, 1.165) is 13.0 Å². The number of allylic oxidation sites excluding steroid dienone is 3. The maximum atomic E-state index is 13.0. The van der Waals surface area contributed by atoms with E-state index in [4.69, 9.17) is 15.2 Å². The predicted octanol–water partition coefficient (Wildman–Crippen LogP) is 1.41. The number of carbonyl (C=O) groups excluding carboxylic acids is 3. The molecule has 8 heteroatoms. The number of nitrogens with two attached hydrogens (primary N) is 1. The fourth-order valence-electron chi connectivity index (χ4n) is 3.35. The summed E-state index contributed by atoms with van der Waals surface area (Å²) in [5, 5.41) is 20.5. The van der Waals surface area contributed by atoms with Gasteiger partial charge >= 0.3 is 0 Å². The molecule has 0 radical (unpaired) electrons. The molecule has 4 N–H and O–H groups in total. The Morgan fingerprint density at radius 2 is 2.00 bits per heavy atom. The van der Waals surface area contributed by atoms with Gasteiger partial charge in [0.15, 0.2) is 17.3 Å². The fourth-order valence-corrected chi connectivity index (χ4v) is 3.35. The van der Waals surface area contributed by atoms with Crippen LogP contribution in [0.1, 0.15) is 36.7 Å². The van der Waals surface area contributed by atoms with Crippen LogP contribution < -0.4 is 15.2 Å². The summed E-state index contributed by atoms with van der Waals surface area (Å²) in [4.78, 5) is 36.7. The van der Waals surface area contributed by atoms with Crippen LogP contribution in [0.4, 0.5) is 0 Å². The Balaban J connectivity index is 2.34. The topological polar surface area (TPSA) is 136 Å². The van der Waals surface area contributed by atoms with Gasteiger partial charge in [-0.15, -0.1) is 0 Å². The Bertz CT molecular complexity index is 941. The van der Waals surface area contributed by atoms with Crippen LogP contribution in [-0.4, -0.2) is 34.3 Å². The van der Waals surface area contributed by atoms with Crippen LogP contribution in [0.5, 0.6) is 17.2 Å². The lowest BCUT2D eigenvalue weighted by atomic mass is 9.71. The van der Waals surface area contributed by atoms with Gasteiger partial charge in [0.05, 0.1) is 12.2 Å². The number of ketones is 2. The van der Waals surface area contributed by atoms with Crippen molar-refractivity contribution in [1.82, 2.24) is 0 Å². The number of aliphatic hydroxyl groups excluding tert-OH is 1. The van der Waals surface area contributed by atoms with Crippen molar-refractivity contribution in [3.8, 4) is 17.2 Å². The molecule has 0 spiro atoms. The average Bonchev–Trinajstić information content (AvgIpc) is 2.81. The summed E-state index contributed by atoms with van der Waals surface area (Å²) < 4.78 is 11.0. The van der Waals surface area contributed by atoms with Crippen LogP contribution in [0.3, 0.4) is 0 Å². The second-order valence-electron chi connectivity index (χ2n) is 6.15. The van der Waals surface area contributed by atoms with Gasteiger partial charge in [-0.1, -0.05) is 0 Å². The highest BCUT2D eigenvalue weighted by molar-refractivity contribution is 6.25. The smallest absolute Gasteiger partial charge is 0.256 e. The third-order valence-electron chi connectivity index (χ3n) is 4.53. The number of aromatic hydroxyl groups is 1. The van der Waals surface area contributed by atoms with Crippen molar-refractivity contribution in [2.75, 3.05) is 6.61 Å². The number of hydrogen-bond acceptors (Lipinski definition) is 7. The van der Waals surface area contributed by atoms with Gasteiger partial charge < -0.3 is 25.4 Å². The largest absolute Gasteiger partial charge is 0.507 e. The minimum atomic E-state index is -1.58. The number of rotatable bonds is 4. The van der Waals surface area contributed by atoms with Crippen molar-refractivity contribution in [2.24, 2.45) is 5.73 Å². The first kappa shape index (κ1) is 17.5. The van der Waals surface area contributed by atoms with Crippen molar-refractivity contribution >= 4 is 17.5 Å². The number of amides is 1. The van der Waals surface area contributed by atoms with Crippen LogP contribution >= 0.6 is 0 Å². The lowest BCUT2D eigenvalue weighted by Crippen LogP contribution is -2.38. The fraction of sp³-hybridized carbons (Fsp3) is 0.278. The molecule has 1 aliphatic carbocycles. The molecule has 0 unspecified atom stereocenters. The number of primary amides is 1. The molecule has 0 fully saturated rings. The molecule has 26 heavy (non-hydrogen) atoms. The molecular weight excluding hydrogens is 342 g/mol. The van der Waals surface area contributed by atoms with Gasteiger partial charge in [-0.3, -0.25) is 14.4 Å². The van der Waals surface area contributed by atoms with E-state index >= 15 is 0 Å². The number of phenols is 1. The summed E-state index contributed by atoms with van der Waals surface area (Å²) in [5.41, 5.74) is 3.32. The highest BCUT2D eigenvalue weighted by Crippen LogP contribution is 2.56. The van der Waals surface area contributed by atoms with E-state index in [9.17, 15) is 24.6 Å². The molecule has 1 aromatic carbocycles. The summed E-state index contributed by atoms with van der Waals surface area (Å²) in [6.07, 6.45) is 1.13. The van der Waals surface area contributed by atoms with Gasteiger partial charge in [0, 0.05) is 12.1 Å². The van der Waals surface area contributed by atoms with Crippen LogP contribution in [0.2, 0.25) is 0 Å². The Kier molecular flexibility index (Phi) is 3.79. The molecule has 8 nitrogen and oxygen atoms in total. The van der Waals surface area contributed by atoms with Crippen LogP contribution in [0.15, 0.2) is 29.2 Å². The zero-order chi connectivity index (χ0) is 19.4. The number of hydrogen-bond donors (Lipinski definition) is 3. The van der Waals surface area contributed by atoms with Crippen molar-refractivity contribution in [3.63, 3.8) is 0 Å². The van der Waals surface area contributed by atoms with Crippen LogP contribution in [-0.2, 0) is 15.0 Å². The number of aliphatic hydroxyl groups is 1. The van der Waals surface area contributed by atoms with Crippen LogP contribution in [0, 0.1) is 0 Å². The third kappa shape index (κ3) is 2.11. The highest BCUT2D eigenvalue weighted by Gasteiger charge is 2.55. The number of ether oxygens (including phenoxy) is 2. The molecule has 0 aromatic heterocycles. The molecule has 136 valence electrons. The normalized spacial score (nSPS) is 20.9. The van der Waals surface area contributed by atoms with E-state index in [2.05, 4.69) is 0 Å². The highest BCUT2D eigenvalue weighted by atomic mass is 16.5. The quantitative estimate of drug-likeness (QED) is 0.691. The summed E-state index contributed by atoms with van der Waals surface area (Å²) in [6.45, 7) is 4.47. The Morgan fingerprint density at radius 1 is 1.35 bits per heavy atom. The zero-order valence-electron chi connectivity index (χ0n) is 14.4. The van der Waals surface area contributed by atoms with E-state index in [1.807, 2.05) is 0 Å². The average molecular weight is 359 g/mol. The monoisotopic (exact) mass is 359 g/mol. The molecule has 1 aromatic rings. The number of phenolic OH excluding ortho intramolecular Hbond substituents is 1. The van der Waals surface area contributed by atoms with Gasteiger partial charge in [-0.05, 0) is 20.8 Å². The summed E-state index contributed by atoms with van der Waals surface area (Å²) in [7, 11) is 0. The Hall–Kier alpha value is -3.29. The maximum Gasteiger partial charge on any atom is 0.256 e. The standard InChI is InChI=1S/C18H17NO7/c1-4-25-10-5-9(22)14-15(13(10)17(19)24)26-11-6-8(21)12(7(2)20)16(23)18(11,14)3/h5-6,21-22H,4H2,1-3H3,(H2,19,24)/t18-/m1/s1. The van der Waals surface area contributed by atoms with E-state index < -0.39 is 34.2 Å². The van der Waals surface area contributed by atoms with E-state index in [1.54, 1.807) is 6.92 Å². The number of carbonyl (C=O) groups is 3. The molecule has 1 amide bonds. The van der Waals surface area contributed by atoms with E-state index in [-0.39, 0.29) is 40.7 Å². The molecule has 0 bridgehead atoms. The molecular formula is C18H17NO7. The molecule has 2 aliphatic rings. The SMILES string of the molecule is CCOc1cc(O)c2c(c1C(N)=O)OC1=CC(O)=C(C(C)=O)C(=O)[C@]12C. The first-order valence-electron chi connectivity index (χ1n) is 7.86. The van der Waals surface area contributed by atoms with Crippen molar-refractivity contribution in [1.29, 1.82) is 0 Å². The predicted molar refractivity (Wildman–Crippen MR) is 89.2 cm³/mol. The molecule has 1 heterocycles. The molecule has 1 atom stereocenters. The lowest BCUT2D eigenvalue weighted by Gasteiger charge is -2.27. The van der Waals surface area contributed by atoms with E-state index in [1.165, 1.54) is 13.0 Å².